The average Bonchev–Trinajstić information content (AvgIpc) is 2.60. The fraction of sp³-hybridized carbons (Fsp3) is 0.550. The molecule has 0 aromatic heterocycles. The molecule has 0 heterocycles. The maximum absolute atomic E-state index is 13.0. The molecule has 0 aliphatic carbocycles. The van der Waals surface area contributed by atoms with Crippen molar-refractivity contribution in [3.8, 4) is 0 Å². The molecule has 2 atom stereocenters. The predicted octanol–water partition coefficient (Wildman–Crippen LogP) is 1.99. The zero-order valence-corrected chi connectivity index (χ0v) is 16.6. The molecular weight excluding hydrogens is 364 g/mol. The minimum Gasteiger partial charge on any atom is -0.481 e. The van der Waals surface area contributed by atoms with E-state index in [1.807, 2.05) is 13.8 Å². The summed E-state index contributed by atoms with van der Waals surface area (Å²) in [5.41, 5.74) is 0.443. The Balaban J connectivity index is 2.95. The van der Waals surface area contributed by atoms with Gasteiger partial charge in [0, 0.05) is 17.9 Å². The molecule has 1 rings (SSSR count). The molecule has 1 aromatic rings. The third-order valence-electron chi connectivity index (χ3n) is 4.61. The minimum atomic E-state index is -1.11. The Bertz CT molecular complexity index is 689. The van der Waals surface area contributed by atoms with Crippen molar-refractivity contribution in [1.29, 1.82) is 0 Å². The predicted molar refractivity (Wildman–Crippen MR) is 106 cm³/mol. The molecule has 0 saturated carbocycles. The summed E-state index contributed by atoms with van der Waals surface area (Å²) in [6.45, 7) is 5.92. The summed E-state index contributed by atoms with van der Waals surface area (Å²) >= 11 is 0. The Hall–Kier alpha value is -2.45. The number of hydrogen-bond donors (Lipinski definition) is 5. The van der Waals surface area contributed by atoms with Gasteiger partial charge < -0.3 is 26.0 Å². The molecule has 0 aliphatic heterocycles. The molecule has 0 amide bonds. The number of hydrogen-bond acceptors (Lipinski definition) is 6. The average molecular weight is 394 g/mol. The minimum absolute atomic E-state index is 0.0608. The summed E-state index contributed by atoms with van der Waals surface area (Å²) in [7, 11) is 0. The number of benzene rings is 1. The normalized spacial score (nSPS) is 13.6. The number of carbonyl (C=O) groups excluding carboxylic acids is 1. The number of anilines is 1. The van der Waals surface area contributed by atoms with E-state index in [0.717, 1.165) is 0 Å². The van der Waals surface area contributed by atoms with Crippen molar-refractivity contribution in [1.82, 2.24) is 5.32 Å². The lowest BCUT2D eigenvalue weighted by atomic mass is 9.86. The van der Waals surface area contributed by atoms with Crippen LogP contribution in [0.1, 0.15) is 50.4 Å². The number of carboxylic acids is 2. The fourth-order valence-corrected chi connectivity index (χ4v) is 2.75. The van der Waals surface area contributed by atoms with Crippen molar-refractivity contribution in [2.45, 2.75) is 52.1 Å². The molecule has 0 radical (unpaired) electrons. The van der Waals surface area contributed by atoms with Gasteiger partial charge in [-0.25, -0.2) is 0 Å². The van der Waals surface area contributed by atoms with Gasteiger partial charge in [-0.05, 0) is 43.9 Å². The van der Waals surface area contributed by atoms with E-state index in [1.165, 1.54) is 6.92 Å². The molecule has 5 N–H and O–H groups in total. The summed E-state index contributed by atoms with van der Waals surface area (Å²) in [4.78, 5) is 35.3. The molecule has 0 fully saturated rings. The van der Waals surface area contributed by atoms with Crippen LogP contribution in [-0.4, -0.2) is 58.3 Å². The molecule has 156 valence electrons. The fourth-order valence-electron chi connectivity index (χ4n) is 2.75. The number of ketones is 1. The number of para-hydroxylation sites is 1. The van der Waals surface area contributed by atoms with Gasteiger partial charge in [0.15, 0.2) is 5.78 Å². The number of carboxylic acid groups (broad SMARTS) is 2. The number of rotatable bonds is 13. The van der Waals surface area contributed by atoms with Crippen molar-refractivity contribution in [3.63, 3.8) is 0 Å². The van der Waals surface area contributed by atoms with Crippen LogP contribution in [0.15, 0.2) is 24.3 Å². The smallest absolute Gasteiger partial charge is 0.325 e. The maximum Gasteiger partial charge on any atom is 0.325 e. The first-order valence-corrected chi connectivity index (χ1v) is 9.26. The first-order chi connectivity index (χ1) is 13.1. The second-order valence-electron chi connectivity index (χ2n) is 7.61. The van der Waals surface area contributed by atoms with E-state index in [9.17, 15) is 19.5 Å². The number of aliphatic hydroxyl groups excluding tert-OH is 1. The molecule has 0 spiro atoms. The molecule has 0 bridgehead atoms. The number of Topliss-reactive ketones (excluding diaryl/α,β-unsaturated/α-hetero) is 1. The molecule has 8 heteroatoms. The Kier molecular flexibility index (Phi) is 9.08. The van der Waals surface area contributed by atoms with Crippen molar-refractivity contribution in [3.05, 3.63) is 29.8 Å². The lowest BCUT2D eigenvalue weighted by molar-refractivity contribution is -0.138. The van der Waals surface area contributed by atoms with E-state index in [1.54, 1.807) is 24.3 Å². The second kappa shape index (κ2) is 10.8. The molecule has 1 unspecified atom stereocenters. The van der Waals surface area contributed by atoms with Gasteiger partial charge in [0.1, 0.15) is 6.04 Å². The highest BCUT2D eigenvalue weighted by Gasteiger charge is 2.26. The first-order valence-electron chi connectivity index (χ1n) is 9.26. The van der Waals surface area contributed by atoms with Gasteiger partial charge in [0.25, 0.3) is 0 Å². The van der Waals surface area contributed by atoms with Gasteiger partial charge in [-0.3, -0.25) is 14.4 Å². The van der Waals surface area contributed by atoms with Gasteiger partial charge in [0.2, 0.25) is 0 Å². The van der Waals surface area contributed by atoms with Gasteiger partial charge in [-0.1, -0.05) is 26.0 Å². The molecule has 28 heavy (non-hydrogen) atoms. The zero-order chi connectivity index (χ0) is 21.3. The van der Waals surface area contributed by atoms with Crippen LogP contribution in [-0.2, 0) is 9.59 Å². The number of nitrogens with one attached hydrogen (secondary N) is 2. The highest BCUT2D eigenvalue weighted by atomic mass is 16.4. The monoisotopic (exact) mass is 394 g/mol. The van der Waals surface area contributed by atoms with Crippen molar-refractivity contribution < 1.29 is 29.7 Å². The summed E-state index contributed by atoms with van der Waals surface area (Å²) in [5, 5.41) is 33.2. The van der Waals surface area contributed by atoms with E-state index in [-0.39, 0.29) is 24.0 Å². The van der Waals surface area contributed by atoms with E-state index in [4.69, 9.17) is 10.2 Å². The SMILES string of the molecule is CC(Nc1ccccc1C(=O)[C@H](CC(=O)O)NCCC(C)(C)CCO)C(=O)O. The van der Waals surface area contributed by atoms with Crippen LogP contribution < -0.4 is 10.6 Å². The van der Waals surface area contributed by atoms with E-state index < -0.39 is 29.8 Å². The van der Waals surface area contributed by atoms with Gasteiger partial charge >= 0.3 is 11.9 Å². The van der Waals surface area contributed by atoms with E-state index >= 15 is 0 Å². The lowest BCUT2D eigenvalue weighted by Crippen LogP contribution is -2.40. The Morgan fingerprint density at radius 1 is 1.11 bits per heavy atom. The molecule has 8 nitrogen and oxygen atoms in total. The largest absolute Gasteiger partial charge is 0.481 e. The third kappa shape index (κ3) is 7.66. The number of carbonyl (C=O) groups is 3. The van der Waals surface area contributed by atoms with Crippen molar-refractivity contribution >= 4 is 23.4 Å². The molecule has 0 saturated heterocycles. The van der Waals surface area contributed by atoms with Crippen molar-refractivity contribution in [2.75, 3.05) is 18.5 Å². The van der Waals surface area contributed by atoms with Gasteiger partial charge in [-0.15, -0.1) is 0 Å². The van der Waals surface area contributed by atoms with Crippen LogP contribution in [0.25, 0.3) is 0 Å². The summed E-state index contributed by atoms with van der Waals surface area (Å²) in [6.07, 6.45) is 0.876. The van der Waals surface area contributed by atoms with Crippen LogP contribution in [0.5, 0.6) is 0 Å². The third-order valence-corrected chi connectivity index (χ3v) is 4.61. The highest BCUT2D eigenvalue weighted by molar-refractivity contribution is 6.06. The van der Waals surface area contributed by atoms with Crippen LogP contribution in [0.4, 0.5) is 5.69 Å². The van der Waals surface area contributed by atoms with Crippen LogP contribution in [0, 0.1) is 5.41 Å². The highest BCUT2D eigenvalue weighted by Crippen LogP contribution is 2.24. The van der Waals surface area contributed by atoms with Gasteiger partial charge in [0.05, 0.1) is 12.5 Å². The summed E-state index contributed by atoms with van der Waals surface area (Å²) in [6, 6.07) is 4.61. The topological polar surface area (TPSA) is 136 Å². The van der Waals surface area contributed by atoms with Gasteiger partial charge in [-0.2, -0.15) is 0 Å². The second-order valence-corrected chi connectivity index (χ2v) is 7.61. The number of aliphatic carboxylic acids is 2. The quantitative estimate of drug-likeness (QED) is 0.320. The van der Waals surface area contributed by atoms with E-state index in [2.05, 4.69) is 10.6 Å². The Morgan fingerprint density at radius 3 is 2.32 bits per heavy atom. The molecular formula is C20H30N2O6. The Morgan fingerprint density at radius 2 is 1.75 bits per heavy atom. The summed E-state index contributed by atoms with van der Waals surface area (Å²) < 4.78 is 0. The van der Waals surface area contributed by atoms with Crippen LogP contribution in [0.2, 0.25) is 0 Å². The van der Waals surface area contributed by atoms with Crippen molar-refractivity contribution in [2.24, 2.45) is 5.41 Å². The number of aliphatic hydroxyl groups is 1. The van der Waals surface area contributed by atoms with E-state index in [0.29, 0.717) is 25.1 Å². The molecule has 0 aliphatic rings. The maximum atomic E-state index is 13.0. The zero-order valence-electron chi connectivity index (χ0n) is 16.6. The Labute approximate surface area is 165 Å². The summed E-state index contributed by atoms with van der Waals surface area (Å²) in [5.74, 6) is -2.58. The standard InChI is InChI=1S/C20H30N2O6/c1-13(19(27)28)22-15-7-5-4-6-14(15)18(26)16(12-17(24)25)21-10-8-20(2,3)9-11-23/h4-7,13,16,21-23H,8-12H2,1-3H3,(H,24,25)(H,27,28)/t13?,16-/m0/s1. The molecule has 1 aromatic carbocycles. The van der Waals surface area contributed by atoms with Crippen LogP contribution >= 0.6 is 0 Å². The lowest BCUT2D eigenvalue weighted by Gasteiger charge is -2.25. The first kappa shape index (κ1) is 23.6. The van der Waals surface area contributed by atoms with Crippen LogP contribution in [0.3, 0.4) is 0 Å².